The van der Waals surface area contributed by atoms with Gasteiger partial charge in [-0.05, 0) is 76.7 Å². The highest BCUT2D eigenvalue weighted by molar-refractivity contribution is 8.76. The summed E-state index contributed by atoms with van der Waals surface area (Å²) in [7, 11) is -0.964. The Kier molecular flexibility index (Phi) is 19.1. The van der Waals surface area contributed by atoms with E-state index in [-0.39, 0.29) is 86.5 Å². The molecule has 3 unspecified atom stereocenters. The minimum absolute atomic E-state index is 0.0520. The summed E-state index contributed by atoms with van der Waals surface area (Å²) in [6.45, 7) is -0.565. The number of amides is 5. The number of rotatable bonds is 23. The summed E-state index contributed by atoms with van der Waals surface area (Å²) in [5.74, 6) is -11.2. The number of nitrogens with one attached hydrogen (secondary N) is 4. The number of aromatic nitrogens is 3. The first-order valence-electron chi connectivity index (χ1n) is 26.4. The lowest BCUT2D eigenvalue weighted by atomic mass is 9.98. The van der Waals surface area contributed by atoms with E-state index in [0.29, 0.717) is 44.8 Å². The molecule has 0 spiro atoms. The Morgan fingerprint density at radius 2 is 1.74 bits per heavy atom. The zero-order valence-corrected chi connectivity index (χ0v) is 47.8. The van der Waals surface area contributed by atoms with E-state index in [0.717, 1.165) is 39.0 Å². The number of aliphatic carboxylic acids is 1. The fourth-order valence-electron chi connectivity index (χ4n) is 10.0. The van der Waals surface area contributed by atoms with Crippen LogP contribution in [0.25, 0.3) is 33.2 Å². The number of likely N-dealkylation sites (tertiary alicyclic amines) is 1. The Morgan fingerprint density at radius 1 is 0.942 bits per heavy atom. The van der Waals surface area contributed by atoms with Crippen molar-refractivity contribution in [2.45, 2.75) is 80.7 Å². The fourth-order valence-corrected chi connectivity index (χ4v) is 13.1. The van der Waals surface area contributed by atoms with E-state index in [1.807, 2.05) is 6.07 Å². The Labute approximate surface area is 496 Å². The van der Waals surface area contributed by atoms with Crippen LogP contribution < -0.4 is 25.4 Å². The number of methoxy groups -OCH3 is 1. The van der Waals surface area contributed by atoms with Crippen molar-refractivity contribution in [2.24, 2.45) is 5.92 Å². The minimum atomic E-state index is -4.56. The lowest BCUT2D eigenvalue weighted by molar-refractivity contribution is -0.141. The molecule has 0 saturated carbocycles. The Bertz CT molecular complexity index is 3840. The summed E-state index contributed by atoms with van der Waals surface area (Å²) < 4.78 is 95.4. The molecular weight excluding hydrogens is 1190 g/mol. The number of carboxylic acid groups (broad SMARTS) is 1. The molecule has 0 aliphatic carbocycles. The number of nitrogens with zero attached hydrogens (tertiary/aromatic N) is 6. The van der Waals surface area contributed by atoms with Crippen molar-refractivity contribution in [3.8, 4) is 34.2 Å². The molecule has 5 amide bonds. The molecule has 3 aromatic heterocycles. The summed E-state index contributed by atoms with van der Waals surface area (Å²) in [5, 5.41) is 27.4. The second-order valence-corrected chi connectivity index (χ2v) is 24.4. The first-order valence-corrected chi connectivity index (χ1v) is 30.4. The van der Waals surface area contributed by atoms with Crippen LogP contribution in [0.3, 0.4) is 0 Å². The monoisotopic (exact) mass is 1240 g/mol. The topological polar surface area (TPSA) is 309 Å². The van der Waals surface area contributed by atoms with E-state index in [1.165, 1.54) is 41.3 Å². The van der Waals surface area contributed by atoms with E-state index in [1.54, 1.807) is 60.9 Å². The molecule has 29 heteroatoms. The van der Waals surface area contributed by atoms with Crippen molar-refractivity contribution in [3.63, 3.8) is 0 Å². The number of sulfonamides is 1. The average Bonchev–Trinajstić information content (AvgIpc) is 2.44. The molecule has 2 fully saturated rings. The van der Waals surface area contributed by atoms with Gasteiger partial charge in [-0.15, -0.1) is 0 Å². The lowest BCUT2D eigenvalue weighted by Gasteiger charge is -2.22. The van der Waals surface area contributed by atoms with Gasteiger partial charge in [-0.1, -0.05) is 45.9 Å². The number of esters is 1. The van der Waals surface area contributed by atoms with Gasteiger partial charge in [0.15, 0.2) is 0 Å². The number of pyridine rings is 3. The number of benzene rings is 3. The van der Waals surface area contributed by atoms with E-state index in [9.17, 15) is 69.9 Å². The van der Waals surface area contributed by atoms with Crippen molar-refractivity contribution >= 4 is 89.7 Å². The maximum Gasteiger partial charge on any atom is 0.339 e. The first-order chi connectivity index (χ1) is 41.1. The fraction of sp³-hybridized carbons (Fsp3) is 0.316. The van der Waals surface area contributed by atoms with Gasteiger partial charge >= 0.3 is 11.9 Å². The van der Waals surface area contributed by atoms with Crippen LogP contribution in [0.4, 0.5) is 23.2 Å². The Balaban J connectivity index is 0.700. The number of nitriles is 1. The van der Waals surface area contributed by atoms with E-state index < -0.39 is 105 Å². The van der Waals surface area contributed by atoms with Gasteiger partial charge in [0.1, 0.15) is 46.9 Å². The van der Waals surface area contributed by atoms with Gasteiger partial charge in [0, 0.05) is 110 Å². The molecule has 3 aromatic carbocycles. The van der Waals surface area contributed by atoms with Gasteiger partial charge in [0.2, 0.25) is 35.4 Å². The summed E-state index contributed by atoms with van der Waals surface area (Å²) >= 11 is 0. The number of ether oxygens (including phenoxy) is 2. The standard InChI is InChI=1S/C57H52F4N10O12S3/c1-82-53-45(69-86(80,81)48-8-6-38(58)20-43(48)59)18-35(26-66-53)31-5-7-44-41(16-31)40(11-12-64-44)36-15-37(24-63-23-36)56(79)83-13-14-84-85-29-47(55(77)78)67-50(73)10-9-49(72)65-25-32-3-2-4-33-27-70(28-42(32)33)51(74)19-34-17-46(68-52(34)75)54(76)71-30-57(60,61)21-39(71)22-62/h2-8,11-12,15-16,18,20,23-24,26,34,39,46-47,69H,9-10,13-14,17,19,21,25,27-30H2,1H3,(H,65,72)(H,67,73)(H,68,75)(H,77,78)/t34?,39-,46?,47?/m0/s1. The number of alkyl halides is 2. The number of hydrogen-bond donors (Lipinski definition) is 5. The van der Waals surface area contributed by atoms with Crippen LogP contribution in [0.1, 0.15) is 59.2 Å². The van der Waals surface area contributed by atoms with Gasteiger partial charge < -0.3 is 40.3 Å². The third-order valence-electron chi connectivity index (χ3n) is 14.3. The van der Waals surface area contributed by atoms with Crippen LogP contribution in [0.2, 0.25) is 0 Å². The maximum atomic E-state index is 14.5. The predicted molar refractivity (Wildman–Crippen MR) is 304 cm³/mol. The van der Waals surface area contributed by atoms with Crippen LogP contribution in [0.5, 0.6) is 5.88 Å². The molecule has 9 rings (SSSR count). The van der Waals surface area contributed by atoms with Gasteiger partial charge in [0.25, 0.3) is 15.9 Å². The van der Waals surface area contributed by atoms with Crippen LogP contribution in [-0.4, -0.2) is 136 Å². The summed E-state index contributed by atoms with van der Waals surface area (Å²) in [6, 6.07) is 15.3. The molecule has 448 valence electrons. The quantitative estimate of drug-likeness (QED) is 0.0208. The van der Waals surface area contributed by atoms with E-state index in [2.05, 4.69) is 35.6 Å². The highest BCUT2D eigenvalue weighted by atomic mass is 33.1. The molecule has 3 aliphatic rings. The van der Waals surface area contributed by atoms with Gasteiger partial charge in [-0.3, -0.25) is 38.7 Å². The van der Waals surface area contributed by atoms with E-state index in [4.69, 9.17) is 9.47 Å². The molecule has 0 radical (unpaired) electrons. The molecule has 6 heterocycles. The van der Waals surface area contributed by atoms with Crippen LogP contribution in [0.15, 0.2) is 102 Å². The zero-order chi connectivity index (χ0) is 61.5. The van der Waals surface area contributed by atoms with Crippen molar-refractivity contribution in [2.75, 3.05) is 36.5 Å². The summed E-state index contributed by atoms with van der Waals surface area (Å²) in [4.78, 5) is 105. The van der Waals surface area contributed by atoms with Crippen molar-refractivity contribution in [1.82, 2.24) is 40.7 Å². The van der Waals surface area contributed by atoms with Crippen LogP contribution in [0, 0.1) is 28.9 Å². The molecule has 5 N–H and O–H groups in total. The Morgan fingerprint density at radius 3 is 2.51 bits per heavy atom. The molecule has 2 saturated heterocycles. The predicted octanol–water partition coefficient (Wildman–Crippen LogP) is 6.15. The third kappa shape index (κ3) is 14.6. The number of carbonyl (C=O) groups excluding carboxylic acids is 6. The highest BCUT2D eigenvalue weighted by Crippen LogP contribution is 2.37. The van der Waals surface area contributed by atoms with Crippen LogP contribution >= 0.6 is 21.6 Å². The number of carbonyl (C=O) groups is 7. The molecule has 0 bridgehead atoms. The lowest BCUT2D eigenvalue weighted by Crippen LogP contribution is -2.46. The minimum Gasteiger partial charge on any atom is -0.480 e. The number of halogens is 4. The SMILES string of the molecule is COc1ncc(-c2ccc3nccc(-c4cncc(C(=O)OCCSSCC(NC(=O)CCC(=O)NCc5cccc6c5CN(C(=O)CC5CC(C(=O)N7CC(F)(F)C[C@H]7C#N)NC5=O)C6)C(=O)O)c4)c3c2)cc1NS(=O)(=O)c1ccc(F)cc1F. The molecule has 22 nitrogen and oxygen atoms in total. The number of anilines is 1. The normalized spacial score (nSPS) is 17.3. The smallest absolute Gasteiger partial charge is 0.339 e. The average molecular weight is 1240 g/mol. The number of fused-ring (bicyclic) bond motifs is 2. The Hall–Kier alpha value is -8.88. The van der Waals surface area contributed by atoms with Gasteiger partial charge in [-0.2, -0.15) is 5.26 Å². The van der Waals surface area contributed by atoms with Gasteiger partial charge in [-0.25, -0.2) is 40.6 Å². The van der Waals surface area contributed by atoms with Crippen molar-refractivity contribution in [3.05, 3.63) is 131 Å². The summed E-state index contributed by atoms with van der Waals surface area (Å²) in [5.41, 5.74) is 5.00. The van der Waals surface area contributed by atoms with E-state index >= 15 is 0 Å². The summed E-state index contributed by atoms with van der Waals surface area (Å²) in [6.07, 6.45) is 4.18. The number of carboxylic acids is 1. The zero-order valence-electron chi connectivity index (χ0n) is 45.4. The third-order valence-corrected chi connectivity index (χ3v) is 18.1. The maximum absolute atomic E-state index is 14.5. The first kappa shape index (κ1) is 61.7. The second kappa shape index (κ2) is 26.6. The van der Waals surface area contributed by atoms with Gasteiger partial charge in [0.05, 0.1) is 30.8 Å². The second-order valence-electron chi connectivity index (χ2n) is 20.2. The number of hydrogen-bond acceptors (Lipinski definition) is 17. The van der Waals surface area contributed by atoms with Crippen molar-refractivity contribution in [1.29, 1.82) is 5.26 Å². The highest BCUT2D eigenvalue weighted by Gasteiger charge is 2.50. The largest absolute Gasteiger partial charge is 0.480 e. The molecular formula is C57H52F4N10O12S3. The van der Waals surface area contributed by atoms with Crippen LogP contribution in [-0.2, 0) is 63.2 Å². The molecule has 6 aromatic rings. The molecule has 3 aliphatic heterocycles. The molecule has 4 atom stereocenters. The molecule has 86 heavy (non-hydrogen) atoms. The van der Waals surface area contributed by atoms with Crippen molar-refractivity contribution < 1.29 is 74.1 Å².